The molecule has 1 nitrogen and oxygen atoms in total. The first-order valence-corrected chi connectivity index (χ1v) is 5.56. The first-order valence-electron chi connectivity index (χ1n) is 5.56. The molecule has 2 rings (SSSR count). The van der Waals surface area contributed by atoms with Crippen LogP contribution in [0.1, 0.15) is 16.7 Å². The van der Waals surface area contributed by atoms with Gasteiger partial charge in [0.05, 0.1) is 0 Å². The summed E-state index contributed by atoms with van der Waals surface area (Å²) in [5, 5.41) is 9.79. The minimum absolute atomic E-state index is 0.0173. The molecule has 0 saturated heterocycles. The molecule has 0 aliphatic rings. The highest BCUT2D eigenvalue weighted by atomic mass is 19.1. The summed E-state index contributed by atoms with van der Waals surface area (Å²) >= 11 is 0. The zero-order chi connectivity index (χ0) is 12.6. The summed E-state index contributed by atoms with van der Waals surface area (Å²) in [7, 11) is 0. The quantitative estimate of drug-likeness (QED) is 0.781. The largest absolute Gasteiger partial charge is 0.507 e. The maximum atomic E-state index is 12.9. The average molecular weight is 230 g/mol. The lowest BCUT2D eigenvalue weighted by molar-refractivity contribution is 0.471. The van der Waals surface area contributed by atoms with Crippen molar-refractivity contribution in [3.63, 3.8) is 0 Å². The maximum Gasteiger partial charge on any atom is 0.126 e. The molecular formula is C15H15FO. The van der Waals surface area contributed by atoms with Gasteiger partial charge in [-0.05, 0) is 55.2 Å². The van der Waals surface area contributed by atoms with E-state index in [-0.39, 0.29) is 5.75 Å². The smallest absolute Gasteiger partial charge is 0.126 e. The van der Waals surface area contributed by atoms with Gasteiger partial charge >= 0.3 is 0 Å². The number of hydrogen-bond donors (Lipinski definition) is 1. The van der Waals surface area contributed by atoms with Gasteiger partial charge in [-0.1, -0.05) is 12.1 Å². The van der Waals surface area contributed by atoms with Gasteiger partial charge in [-0.2, -0.15) is 0 Å². The van der Waals surface area contributed by atoms with E-state index in [4.69, 9.17) is 0 Å². The fraction of sp³-hybridized carbons (Fsp3) is 0.200. The van der Waals surface area contributed by atoms with Crippen molar-refractivity contribution >= 4 is 0 Å². The minimum atomic E-state index is -0.423. The van der Waals surface area contributed by atoms with Gasteiger partial charge in [-0.15, -0.1) is 0 Å². The van der Waals surface area contributed by atoms with Crippen LogP contribution in [0.25, 0.3) is 11.1 Å². The SMILES string of the molecule is Cc1cc(C)c(-c2ccc(F)cc2O)cc1C. The minimum Gasteiger partial charge on any atom is -0.507 e. The lowest BCUT2D eigenvalue weighted by atomic mass is 9.95. The highest BCUT2D eigenvalue weighted by Gasteiger charge is 2.09. The molecule has 2 aromatic rings. The molecular weight excluding hydrogens is 215 g/mol. The molecule has 0 aromatic heterocycles. The van der Waals surface area contributed by atoms with Gasteiger partial charge in [0, 0.05) is 11.6 Å². The predicted octanol–water partition coefficient (Wildman–Crippen LogP) is 4.12. The standard InChI is InChI=1S/C15H15FO/c1-9-6-11(3)14(7-10(9)2)13-5-4-12(16)8-15(13)17/h4-8,17H,1-3H3. The van der Waals surface area contributed by atoms with Gasteiger partial charge in [-0.3, -0.25) is 0 Å². The molecule has 88 valence electrons. The van der Waals surface area contributed by atoms with Crippen molar-refractivity contribution in [3.8, 4) is 16.9 Å². The molecule has 17 heavy (non-hydrogen) atoms. The monoisotopic (exact) mass is 230 g/mol. The van der Waals surface area contributed by atoms with E-state index in [1.165, 1.54) is 11.6 Å². The van der Waals surface area contributed by atoms with E-state index in [2.05, 4.69) is 13.0 Å². The second kappa shape index (κ2) is 4.21. The Hall–Kier alpha value is -1.83. The van der Waals surface area contributed by atoms with Crippen LogP contribution in [0.2, 0.25) is 0 Å². The summed E-state index contributed by atoms with van der Waals surface area (Å²) in [6, 6.07) is 8.22. The van der Waals surface area contributed by atoms with Gasteiger partial charge in [-0.25, -0.2) is 4.39 Å². The Bertz CT molecular complexity index is 573. The molecule has 0 fully saturated rings. The van der Waals surface area contributed by atoms with Crippen LogP contribution in [0.15, 0.2) is 30.3 Å². The van der Waals surface area contributed by atoms with Gasteiger partial charge in [0.2, 0.25) is 0 Å². The first kappa shape index (κ1) is 11.6. The van der Waals surface area contributed by atoms with Crippen LogP contribution in [0.3, 0.4) is 0 Å². The molecule has 2 aromatic carbocycles. The van der Waals surface area contributed by atoms with Crippen LogP contribution in [0.5, 0.6) is 5.75 Å². The Morgan fingerprint density at radius 2 is 1.47 bits per heavy atom. The normalized spacial score (nSPS) is 10.6. The number of benzene rings is 2. The van der Waals surface area contributed by atoms with Crippen LogP contribution < -0.4 is 0 Å². The molecule has 0 heterocycles. The van der Waals surface area contributed by atoms with Gasteiger partial charge in [0.15, 0.2) is 0 Å². The van der Waals surface area contributed by atoms with Crippen molar-refractivity contribution in [3.05, 3.63) is 52.8 Å². The third-order valence-electron chi connectivity index (χ3n) is 3.09. The molecule has 2 heteroatoms. The molecule has 0 amide bonds. The molecule has 0 spiro atoms. The van der Waals surface area contributed by atoms with E-state index >= 15 is 0 Å². The maximum absolute atomic E-state index is 12.9. The lowest BCUT2D eigenvalue weighted by Gasteiger charge is -2.11. The molecule has 0 saturated carbocycles. The van der Waals surface area contributed by atoms with Crippen LogP contribution in [-0.4, -0.2) is 5.11 Å². The highest BCUT2D eigenvalue weighted by Crippen LogP contribution is 2.33. The summed E-state index contributed by atoms with van der Waals surface area (Å²) in [6.45, 7) is 6.07. The van der Waals surface area contributed by atoms with Crippen molar-refractivity contribution in [2.24, 2.45) is 0 Å². The van der Waals surface area contributed by atoms with E-state index < -0.39 is 5.82 Å². The van der Waals surface area contributed by atoms with E-state index in [1.807, 2.05) is 19.9 Å². The number of halogens is 1. The third kappa shape index (κ3) is 2.16. The predicted molar refractivity (Wildman–Crippen MR) is 67.7 cm³/mol. The molecule has 0 bridgehead atoms. The Labute approximate surface area is 101 Å². The van der Waals surface area contributed by atoms with Crippen molar-refractivity contribution < 1.29 is 9.50 Å². The van der Waals surface area contributed by atoms with Gasteiger partial charge in [0.25, 0.3) is 0 Å². The highest BCUT2D eigenvalue weighted by molar-refractivity contribution is 5.74. The van der Waals surface area contributed by atoms with E-state index in [0.29, 0.717) is 5.56 Å². The van der Waals surface area contributed by atoms with Crippen molar-refractivity contribution in [1.29, 1.82) is 0 Å². The van der Waals surface area contributed by atoms with Crippen LogP contribution in [0, 0.1) is 26.6 Å². The number of aryl methyl sites for hydroxylation is 3. The molecule has 0 aliphatic heterocycles. The summed E-state index contributed by atoms with van der Waals surface area (Å²) in [5.74, 6) is -0.441. The second-order valence-electron chi connectivity index (χ2n) is 4.41. The van der Waals surface area contributed by atoms with Crippen molar-refractivity contribution in [2.75, 3.05) is 0 Å². The van der Waals surface area contributed by atoms with Crippen molar-refractivity contribution in [1.82, 2.24) is 0 Å². The second-order valence-corrected chi connectivity index (χ2v) is 4.41. The number of phenolic OH excluding ortho intramolecular Hbond substituents is 1. The van der Waals surface area contributed by atoms with Gasteiger partial charge < -0.3 is 5.11 Å². The number of rotatable bonds is 1. The third-order valence-corrected chi connectivity index (χ3v) is 3.09. The molecule has 1 N–H and O–H groups in total. The number of phenols is 1. The fourth-order valence-corrected chi connectivity index (χ4v) is 1.98. The van der Waals surface area contributed by atoms with E-state index in [1.54, 1.807) is 6.07 Å². The lowest BCUT2D eigenvalue weighted by Crippen LogP contribution is -1.89. The summed E-state index contributed by atoms with van der Waals surface area (Å²) in [4.78, 5) is 0. The topological polar surface area (TPSA) is 20.2 Å². The molecule has 0 unspecified atom stereocenters. The first-order chi connectivity index (χ1) is 7.99. The molecule has 0 radical (unpaired) electrons. The number of aromatic hydroxyl groups is 1. The van der Waals surface area contributed by atoms with Crippen LogP contribution >= 0.6 is 0 Å². The zero-order valence-corrected chi connectivity index (χ0v) is 10.2. The number of hydrogen-bond acceptors (Lipinski definition) is 1. The summed E-state index contributed by atoms with van der Waals surface area (Å²) in [6.07, 6.45) is 0. The van der Waals surface area contributed by atoms with Gasteiger partial charge in [0.1, 0.15) is 11.6 Å². The van der Waals surface area contributed by atoms with E-state index in [9.17, 15) is 9.50 Å². The Morgan fingerprint density at radius 1 is 0.824 bits per heavy atom. The van der Waals surface area contributed by atoms with Crippen LogP contribution in [-0.2, 0) is 0 Å². The average Bonchev–Trinajstić information content (AvgIpc) is 2.24. The van der Waals surface area contributed by atoms with Crippen LogP contribution in [0.4, 0.5) is 4.39 Å². The molecule has 0 atom stereocenters. The van der Waals surface area contributed by atoms with Crippen molar-refractivity contribution in [2.45, 2.75) is 20.8 Å². The summed E-state index contributed by atoms with van der Waals surface area (Å²) in [5.41, 5.74) is 5.08. The fourth-order valence-electron chi connectivity index (χ4n) is 1.98. The Balaban J connectivity index is 2.64. The summed E-state index contributed by atoms with van der Waals surface area (Å²) < 4.78 is 12.9. The zero-order valence-electron chi connectivity index (χ0n) is 10.2. The Kier molecular flexibility index (Phi) is 2.88. The Morgan fingerprint density at radius 3 is 2.12 bits per heavy atom. The molecule has 0 aliphatic carbocycles. The van der Waals surface area contributed by atoms with E-state index in [0.717, 1.165) is 22.8 Å².